The van der Waals surface area contributed by atoms with Gasteiger partial charge in [-0.2, -0.15) is 18.3 Å². The van der Waals surface area contributed by atoms with E-state index in [1.807, 2.05) is 31.3 Å². The molecule has 0 spiro atoms. The van der Waals surface area contributed by atoms with Crippen molar-refractivity contribution in [1.82, 2.24) is 14.7 Å². The number of carbonyl (C=O) groups excluding carboxylic acids is 1. The van der Waals surface area contributed by atoms with Crippen molar-refractivity contribution in [1.29, 1.82) is 0 Å². The van der Waals surface area contributed by atoms with Crippen LogP contribution in [0, 0.1) is 0 Å². The van der Waals surface area contributed by atoms with Crippen LogP contribution in [0.3, 0.4) is 0 Å². The topological polar surface area (TPSA) is 41.4 Å². The molecule has 1 aliphatic rings. The number of carbonyl (C=O) groups is 1. The summed E-state index contributed by atoms with van der Waals surface area (Å²) in [5.74, 6) is -0.113. The van der Waals surface area contributed by atoms with E-state index in [2.05, 4.69) is 10.00 Å². The number of likely N-dealkylation sites (N-methyl/N-ethyl adjacent to an activating group) is 1. The summed E-state index contributed by atoms with van der Waals surface area (Å²) >= 11 is 0. The van der Waals surface area contributed by atoms with E-state index in [9.17, 15) is 18.0 Å². The monoisotopic (exact) mass is 400 g/mol. The first-order valence-corrected chi connectivity index (χ1v) is 9.14. The van der Waals surface area contributed by atoms with Crippen LogP contribution in [-0.2, 0) is 12.7 Å². The highest BCUT2D eigenvalue weighted by Gasteiger charge is 2.33. The quantitative estimate of drug-likeness (QED) is 0.653. The smallest absolute Gasteiger partial charge is 0.373 e. The molecule has 1 aliphatic heterocycles. The van der Waals surface area contributed by atoms with Crippen molar-refractivity contribution in [2.75, 3.05) is 25.0 Å². The number of hydrogen-bond acceptors (Lipinski definition) is 3. The van der Waals surface area contributed by atoms with Gasteiger partial charge in [-0.25, -0.2) is 4.68 Å². The molecule has 1 aromatic heterocycles. The number of aromatic nitrogens is 2. The van der Waals surface area contributed by atoms with Crippen molar-refractivity contribution in [2.24, 2.45) is 0 Å². The summed E-state index contributed by atoms with van der Waals surface area (Å²) in [6.45, 7) is 1.81. The van der Waals surface area contributed by atoms with Crippen LogP contribution in [0.25, 0.3) is 5.69 Å². The first-order valence-electron chi connectivity index (χ1n) is 9.14. The number of fused-ring (bicyclic) bond motifs is 1. The lowest BCUT2D eigenvalue weighted by atomic mass is 10.1. The summed E-state index contributed by atoms with van der Waals surface area (Å²) in [6.07, 6.45) is -3.24. The number of benzene rings is 2. The molecule has 0 N–H and O–H groups in total. The normalized spacial score (nSPS) is 14.5. The summed E-state index contributed by atoms with van der Waals surface area (Å²) in [5.41, 5.74) is 2.17. The number of para-hydroxylation sites is 1. The van der Waals surface area contributed by atoms with E-state index in [4.69, 9.17) is 0 Å². The van der Waals surface area contributed by atoms with Crippen molar-refractivity contribution < 1.29 is 18.0 Å². The fraction of sp³-hybridized carbons (Fsp3) is 0.238. The van der Waals surface area contributed by atoms with Crippen molar-refractivity contribution >= 4 is 11.6 Å². The zero-order chi connectivity index (χ0) is 20.6. The van der Waals surface area contributed by atoms with Crippen LogP contribution in [0.4, 0.5) is 18.9 Å². The summed E-state index contributed by atoms with van der Waals surface area (Å²) < 4.78 is 39.3. The standard InChI is InChI=1S/C21H19F3N4O/c1-26-12-13-27(14-16-4-2-3-5-18(16)26)20(29)15-6-8-17(9-7-15)28-11-10-19(25-28)21(22,23)24/h2-11H,12-14H2,1H3. The maximum absolute atomic E-state index is 13.0. The van der Waals surface area contributed by atoms with Gasteiger partial charge in [0.25, 0.3) is 5.91 Å². The molecule has 8 heteroatoms. The average Bonchev–Trinajstić information content (AvgIpc) is 3.15. The molecule has 2 aromatic carbocycles. The fourth-order valence-electron chi connectivity index (χ4n) is 3.42. The molecule has 0 bridgehead atoms. The van der Waals surface area contributed by atoms with Gasteiger partial charge in [-0.1, -0.05) is 18.2 Å². The van der Waals surface area contributed by atoms with Crippen LogP contribution >= 0.6 is 0 Å². The van der Waals surface area contributed by atoms with E-state index in [-0.39, 0.29) is 5.91 Å². The van der Waals surface area contributed by atoms with Crippen LogP contribution in [0.15, 0.2) is 60.8 Å². The molecule has 29 heavy (non-hydrogen) atoms. The summed E-state index contributed by atoms with van der Waals surface area (Å²) in [5, 5.41) is 3.55. The molecule has 4 rings (SSSR count). The van der Waals surface area contributed by atoms with E-state index < -0.39 is 11.9 Å². The van der Waals surface area contributed by atoms with E-state index in [1.165, 1.54) is 6.20 Å². The minimum absolute atomic E-state index is 0.113. The number of halogens is 3. The Labute approximate surface area is 166 Å². The molecule has 0 aliphatic carbocycles. The third kappa shape index (κ3) is 3.83. The molecule has 0 fully saturated rings. The zero-order valence-corrected chi connectivity index (χ0v) is 15.7. The number of amides is 1. The highest BCUT2D eigenvalue weighted by atomic mass is 19.4. The maximum Gasteiger partial charge on any atom is 0.435 e. The van der Waals surface area contributed by atoms with Crippen LogP contribution in [0.5, 0.6) is 0 Å². The van der Waals surface area contributed by atoms with Crippen molar-refractivity contribution in [3.63, 3.8) is 0 Å². The Bertz CT molecular complexity index is 1030. The minimum atomic E-state index is -4.49. The molecule has 0 atom stereocenters. The van der Waals surface area contributed by atoms with Crippen molar-refractivity contribution in [3.05, 3.63) is 77.6 Å². The number of nitrogens with zero attached hydrogens (tertiary/aromatic N) is 4. The van der Waals surface area contributed by atoms with Gasteiger partial charge in [0, 0.05) is 44.1 Å². The largest absolute Gasteiger partial charge is 0.435 e. The number of rotatable bonds is 2. The predicted octanol–water partition coefficient (Wildman–Crippen LogP) is 3.98. The van der Waals surface area contributed by atoms with Gasteiger partial charge in [-0.05, 0) is 42.0 Å². The Hall–Kier alpha value is -3.29. The van der Waals surface area contributed by atoms with Gasteiger partial charge in [0.2, 0.25) is 0 Å². The van der Waals surface area contributed by atoms with Crippen LogP contribution in [0.2, 0.25) is 0 Å². The molecule has 0 unspecified atom stereocenters. The van der Waals surface area contributed by atoms with E-state index in [0.29, 0.717) is 30.9 Å². The lowest BCUT2D eigenvalue weighted by Crippen LogP contribution is -2.34. The molecule has 2 heterocycles. The molecular formula is C21H19F3N4O. The first-order chi connectivity index (χ1) is 13.8. The fourth-order valence-corrected chi connectivity index (χ4v) is 3.42. The average molecular weight is 400 g/mol. The number of hydrogen-bond donors (Lipinski definition) is 0. The number of anilines is 1. The SMILES string of the molecule is CN1CCN(C(=O)c2ccc(-n3ccc(C(F)(F)F)n3)cc2)Cc2ccccc21. The minimum Gasteiger partial charge on any atom is -0.373 e. The molecule has 5 nitrogen and oxygen atoms in total. The van der Waals surface area contributed by atoms with Gasteiger partial charge >= 0.3 is 6.18 Å². The van der Waals surface area contributed by atoms with Crippen LogP contribution < -0.4 is 4.90 Å². The van der Waals surface area contributed by atoms with Gasteiger partial charge in [-0.15, -0.1) is 0 Å². The maximum atomic E-state index is 13.0. The molecule has 150 valence electrons. The third-order valence-electron chi connectivity index (χ3n) is 5.01. The second-order valence-electron chi connectivity index (χ2n) is 6.97. The molecule has 0 saturated heterocycles. The summed E-state index contributed by atoms with van der Waals surface area (Å²) in [6, 6.07) is 15.3. The number of alkyl halides is 3. The second-order valence-corrected chi connectivity index (χ2v) is 6.97. The molecule has 0 saturated carbocycles. The second kappa shape index (κ2) is 7.27. The third-order valence-corrected chi connectivity index (χ3v) is 5.01. The van der Waals surface area contributed by atoms with Gasteiger partial charge in [0.15, 0.2) is 5.69 Å². The van der Waals surface area contributed by atoms with Crippen molar-refractivity contribution in [2.45, 2.75) is 12.7 Å². The lowest BCUT2D eigenvalue weighted by molar-refractivity contribution is -0.141. The Morgan fingerprint density at radius 3 is 2.41 bits per heavy atom. The molecular weight excluding hydrogens is 381 g/mol. The molecule has 3 aromatic rings. The van der Waals surface area contributed by atoms with E-state index in [0.717, 1.165) is 22.0 Å². The highest BCUT2D eigenvalue weighted by Crippen LogP contribution is 2.28. The zero-order valence-electron chi connectivity index (χ0n) is 15.7. The van der Waals surface area contributed by atoms with Gasteiger partial charge in [0.05, 0.1) is 5.69 Å². The van der Waals surface area contributed by atoms with Gasteiger partial charge in [0.1, 0.15) is 0 Å². The van der Waals surface area contributed by atoms with E-state index >= 15 is 0 Å². The van der Waals surface area contributed by atoms with Crippen LogP contribution in [0.1, 0.15) is 21.6 Å². The van der Waals surface area contributed by atoms with Crippen molar-refractivity contribution in [3.8, 4) is 5.69 Å². The summed E-state index contributed by atoms with van der Waals surface area (Å²) in [7, 11) is 2.00. The van der Waals surface area contributed by atoms with Gasteiger partial charge in [-0.3, -0.25) is 4.79 Å². The Balaban J connectivity index is 1.53. The van der Waals surface area contributed by atoms with Gasteiger partial charge < -0.3 is 9.80 Å². The Morgan fingerprint density at radius 1 is 1.00 bits per heavy atom. The van der Waals surface area contributed by atoms with Crippen LogP contribution in [-0.4, -0.2) is 40.7 Å². The highest BCUT2D eigenvalue weighted by molar-refractivity contribution is 5.94. The van der Waals surface area contributed by atoms with E-state index in [1.54, 1.807) is 29.2 Å². The summed E-state index contributed by atoms with van der Waals surface area (Å²) in [4.78, 5) is 16.9. The Kier molecular flexibility index (Phi) is 4.77. The lowest BCUT2D eigenvalue weighted by Gasteiger charge is -2.21. The molecule has 0 radical (unpaired) electrons. The first kappa shape index (κ1) is 19.0. The Morgan fingerprint density at radius 2 is 1.72 bits per heavy atom. The molecule has 1 amide bonds. The predicted molar refractivity (Wildman–Crippen MR) is 103 cm³/mol.